The first kappa shape index (κ1) is 20.9. The van der Waals surface area contributed by atoms with E-state index < -0.39 is 0 Å². The van der Waals surface area contributed by atoms with Gasteiger partial charge >= 0.3 is 0 Å². The molecule has 0 radical (unpaired) electrons. The minimum absolute atomic E-state index is 0. The van der Waals surface area contributed by atoms with Crippen LogP contribution in [-0.4, -0.2) is 63.3 Å². The fourth-order valence-corrected chi connectivity index (χ4v) is 2.67. The first-order valence-electron chi connectivity index (χ1n) is 8.08. The molecular weight excluding hydrogens is 379 g/mol. The zero-order valence-electron chi connectivity index (χ0n) is 13.9. The average molecular weight is 412 g/mol. The summed E-state index contributed by atoms with van der Waals surface area (Å²) in [5.41, 5.74) is 0. The van der Waals surface area contributed by atoms with Crippen molar-refractivity contribution in [1.82, 2.24) is 15.5 Å². The highest BCUT2D eigenvalue weighted by Crippen LogP contribution is 2.15. The van der Waals surface area contributed by atoms with E-state index in [1.165, 1.54) is 25.8 Å². The van der Waals surface area contributed by atoms with Crippen LogP contribution in [0, 0.1) is 0 Å². The van der Waals surface area contributed by atoms with E-state index in [9.17, 15) is 0 Å². The van der Waals surface area contributed by atoms with E-state index in [1.807, 2.05) is 14.0 Å². The summed E-state index contributed by atoms with van der Waals surface area (Å²) in [6, 6.07) is 0.649. The van der Waals surface area contributed by atoms with Crippen LogP contribution in [-0.2, 0) is 4.74 Å². The van der Waals surface area contributed by atoms with E-state index >= 15 is 0 Å². The largest absolute Gasteiger partial charge is 0.382 e. The minimum atomic E-state index is 0. The van der Waals surface area contributed by atoms with Gasteiger partial charge in [-0.25, -0.2) is 0 Å². The Morgan fingerprint density at radius 3 is 2.76 bits per heavy atom. The van der Waals surface area contributed by atoms with Crippen molar-refractivity contribution in [3.8, 4) is 0 Å². The van der Waals surface area contributed by atoms with Crippen LogP contribution in [0.2, 0.25) is 0 Å². The third kappa shape index (κ3) is 8.83. The van der Waals surface area contributed by atoms with E-state index in [0.29, 0.717) is 6.04 Å². The molecule has 1 fully saturated rings. The Kier molecular flexibility index (Phi) is 13.5. The van der Waals surface area contributed by atoms with Gasteiger partial charge in [0.15, 0.2) is 5.96 Å². The Morgan fingerprint density at radius 2 is 2.10 bits per heavy atom. The SMILES string of the molecule is CCOCCCNC(=NC)NCC1CCCCN1CC.I. The van der Waals surface area contributed by atoms with Crippen LogP contribution in [0.3, 0.4) is 0 Å². The van der Waals surface area contributed by atoms with Gasteiger partial charge in [0.2, 0.25) is 0 Å². The second-order valence-corrected chi connectivity index (χ2v) is 5.21. The third-order valence-corrected chi connectivity index (χ3v) is 3.85. The Labute approximate surface area is 147 Å². The number of likely N-dealkylation sites (tertiary alicyclic amines) is 1. The highest BCUT2D eigenvalue weighted by Gasteiger charge is 2.20. The summed E-state index contributed by atoms with van der Waals surface area (Å²) < 4.78 is 5.33. The van der Waals surface area contributed by atoms with E-state index in [4.69, 9.17) is 4.74 Å². The Hall–Kier alpha value is -0.0800. The van der Waals surface area contributed by atoms with Crippen molar-refractivity contribution in [2.45, 2.75) is 45.6 Å². The van der Waals surface area contributed by atoms with Crippen molar-refractivity contribution in [2.75, 3.05) is 46.4 Å². The molecule has 1 aliphatic heterocycles. The molecule has 1 saturated heterocycles. The zero-order chi connectivity index (χ0) is 14.6. The number of piperidine rings is 1. The summed E-state index contributed by atoms with van der Waals surface area (Å²) in [6.45, 7) is 10.2. The molecule has 5 nitrogen and oxygen atoms in total. The van der Waals surface area contributed by atoms with Crippen LogP contribution in [0.15, 0.2) is 4.99 Å². The summed E-state index contributed by atoms with van der Waals surface area (Å²) >= 11 is 0. The molecule has 0 aromatic carbocycles. The number of halogens is 1. The van der Waals surface area contributed by atoms with Crippen molar-refractivity contribution in [2.24, 2.45) is 4.99 Å². The van der Waals surface area contributed by atoms with Crippen LogP contribution < -0.4 is 10.6 Å². The molecule has 126 valence electrons. The predicted octanol–water partition coefficient (Wildman–Crippen LogP) is 2.07. The number of rotatable bonds is 8. The van der Waals surface area contributed by atoms with Crippen LogP contribution in [0.4, 0.5) is 0 Å². The topological polar surface area (TPSA) is 48.9 Å². The predicted molar refractivity (Wildman–Crippen MR) is 101 cm³/mol. The van der Waals surface area contributed by atoms with Crippen LogP contribution in [0.25, 0.3) is 0 Å². The van der Waals surface area contributed by atoms with Gasteiger partial charge in [0.1, 0.15) is 0 Å². The molecule has 0 saturated carbocycles. The molecule has 1 heterocycles. The molecule has 1 atom stereocenters. The van der Waals surface area contributed by atoms with Crippen molar-refractivity contribution in [3.05, 3.63) is 0 Å². The lowest BCUT2D eigenvalue weighted by Crippen LogP contribution is -2.49. The smallest absolute Gasteiger partial charge is 0.191 e. The summed E-state index contributed by atoms with van der Waals surface area (Å²) in [6.07, 6.45) is 5.00. The normalized spacial score (nSPS) is 20.0. The zero-order valence-corrected chi connectivity index (χ0v) is 16.2. The number of hydrogen-bond acceptors (Lipinski definition) is 3. The number of nitrogens with one attached hydrogen (secondary N) is 2. The molecule has 2 N–H and O–H groups in total. The second-order valence-electron chi connectivity index (χ2n) is 5.21. The number of guanidine groups is 1. The second kappa shape index (κ2) is 13.6. The summed E-state index contributed by atoms with van der Waals surface area (Å²) in [4.78, 5) is 6.84. The van der Waals surface area contributed by atoms with Gasteiger partial charge in [0.05, 0.1) is 0 Å². The van der Waals surface area contributed by atoms with E-state index in [1.54, 1.807) is 0 Å². The van der Waals surface area contributed by atoms with E-state index in [0.717, 1.165) is 45.2 Å². The molecular formula is C15H33IN4O. The first-order chi connectivity index (χ1) is 9.81. The highest BCUT2D eigenvalue weighted by molar-refractivity contribution is 14.0. The maximum Gasteiger partial charge on any atom is 0.191 e. The molecule has 0 aromatic heterocycles. The summed E-state index contributed by atoms with van der Waals surface area (Å²) in [7, 11) is 1.83. The van der Waals surface area contributed by atoms with Crippen molar-refractivity contribution < 1.29 is 4.74 Å². The van der Waals surface area contributed by atoms with Gasteiger partial charge in [-0.1, -0.05) is 13.3 Å². The van der Waals surface area contributed by atoms with Crippen LogP contribution >= 0.6 is 24.0 Å². The summed E-state index contributed by atoms with van der Waals surface area (Å²) in [5.74, 6) is 0.906. The van der Waals surface area contributed by atoms with E-state index in [-0.39, 0.29) is 24.0 Å². The minimum Gasteiger partial charge on any atom is -0.382 e. The monoisotopic (exact) mass is 412 g/mol. The molecule has 0 aliphatic carbocycles. The van der Waals surface area contributed by atoms with Gasteiger partial charge in [-0.3, -0.25) is 9.89 Å². The van der Waals surface area contributed by atoms with Crippen molar-refractivity contribution in [1.29, 1.82) is 0 Å². The van der Waals surface area contributed by atoms with Gasteiger partial charge in [-0.05, 0) is 39.3 Å². The number of hydrogen-bond donors (Lipinski definition) is 2. The first-order valence-corrected chi connectivity index (χ1v) is 8.08. The van der Waals surface area contributed by atoms with Gasteiger partial charge in [-0.2, -0.15) is 0 Å². The van der Waals surface area contributed by atoms with Gasteiger partial charge < -0.3 is 15.4 Å². The highest BCUT2D eigenvalue weighted by atomic mass is 127. The van der Waals surface area contributed by atoms with E-state index in [2.05, 4.69) is 27.4 Å². The lowest BCUT2D eigenvalue weighted by atomic mass is 10.0. The fraction of sp³-hybridized carbons (Fsp3) is 0.933. The Balaban J connectivity index is 0.00000400. The number of aliphatic imine (C=N–C) groups is 1. The molecule has 0 amide bonds. The maximum absolute atomic E-state index is 5.33. The van der Waals surface area contributed by atoms with Gasteiger partial charge in [0.25, 0.3) is 0 Å². The average Bonchev–Trinajstić information content (AvgIpc) is 2.50. The Morgan fingerprint density at radius 1 is 1.29 bits per heavy atom. The third-order valence-electron chi connectivity index (χ3n) is 3.85. The van der Waals surface area contributed by atoms with Crippen LogP contribution in [0.5, 0.6) is 0 Å². The standard InChI is InChI=1S/C15H32N4O.HI/c1-4-19-11-7-6-9-14(19)13-18-15(16-3)17-10-8-12-20-5-2;/h14H,4-13H2,1-3H3,(H2,16,17,18);1H. The van der Waals surface area contributed by atoms with Crippen LogP contribution in [0.1, 0.15) is 39.5 Å². The molecule has 21 heavy (non-hydrogen) atoms. The maximum atomic E-state index is 5.33. The number of likely N-dealkylation sites (N-methyl/N-ethyl adjacent to an activating group) is 1. The molecule has 1 aliphatic rings. The van der Waals surface area contributed by atoms with Gasteiger partial charge in [-0.15, -0.1) is 24.0 Å². The fourth-order valence-electron chi connectivity index (χ4n) is 2.67. The molecule has 1 rings (SSSR count). The number of nitrogens with zero attached hydrogens (tertiary/aromatic N) is 2. The summed E-state index contributed by atoms with van der Waals surface area (Å²) in [5, 5.41) is 6.79. The van der Waals surface area contributed by atoms with Gasteiger partial charge in [0, 0.05) is 39.4 Å². The Bertz CT molecular complexity index is 276. The molecule has 6 heteroatoms. The quantitative estimate of drug-likeness (QED) is 0.277. The molecule has 0 bridgehead atoms. The molecule has 1 unspecified atom stereocenters. The lowest BCUT2D eigenvalue weighted by Gasteiger charge is -2.35. The lowest BCUT2D eigenvalue weighted by molar-refractivity contribution is 0.145. The van der Waals surface area contributed by atoms with Crippen molar-refractivity contribution in [3.63, 3.8) is 0 Å². The van der Waals surface area contributed by atoms with Crippen molar-refractivity contribution >= 4 is 29.9 Å². The molecule has 0 aromatic rings. The molecule has 0 spiro atoms. The number of ether oxygens (including phenoxy) is 1.